The summed E-state index contributed by atoms with van der Waals surface area (Å²) in [7, 11) is -2.60. The summed E-state index contributed by atoms with van der Waals surface area (Å²) >= 11 is 5.87. The second-order valence-corrected chi connectivity index (χ2v) is 9.57. The average molecular weight is 479 g/mol. The molecule has 3 aromatic rings. The minimum absolute atomic E-state index is 0.0170. The number of carbonyl (C=O) groups is 1. The van der Waals surface area contributed by atoms with Crippen LogP contribution in [0.15, 0.2) is 77.7 Å². The van der Waals surface area contributed by atoms with E-state index in [0.717, 1.165) is 4.31 Å². The molecule has 0 saturated heterocycles. The summed E-state index contributed by atoms with van der Waals surface area (Å²) in [6.45, 7) is -0.644. The predicted octanol–water partition coefficient (Wildman–Crippen LogP) is 4.47. The molecule has 0 radical (unpaired) electrons. The summed E-state index contributed by atoms with van der Waals surface area (Å²) in [5, 5.41) is 0.370. The Balaban J connectivity index is 1.86. The molecule has 3 rings (SSSR count). The molecule has 0 unspecified atom stereocenters. The van der Waals surface area contributed by atoms with E-state index in [1.807, 2.05) is 0 Å². The summed E-state index contributed by atoms with van der Waals surface area (Å²) < 4.78 is 54.8. The molecule has 0 atom stereocenters. The van der Waals surface area contributed by atoms with Crippen LogP contribution in [0, 0.1) is 11.6 Å². The van der Waals surface area contributed by atoms with Crippen LogP contribution in [-0.2, 0) is 27.9 Å². The molecule has 0 fully saturated rings. The van der Waals surface area contributed by atoms with Crippen LogP contribution in [0.1, 0.15) is 11.1 Å². The predicted molar refractivity (Wildman–Crippen MR) is 118 cm³/mol. The molecule has 5 nitrogen and oxygen atoms in total. The highest BCUT2D eigenvalue weighted by Gasteiger charge is 2.28. The molecule has 0 aliphatic heterocycles. The van der Waals surface area contributed by atoms with E-state index in [1.54, 1.807) is 18.2 Å². The van der Waals surface area contributed by atoms with Crippen molar-refractivity contribution in [2.24, 2.45) is 0 Å². The number of hydrogen-bond acceptors (Lipinski definition) is 3. The van der Waals surface area contributed by atoms with Crippen molar-refractivity contribution in [3.05, 3.63) is 101 Å². The molecule has 3 aromatic carbocycles. The normalized spacial score (nSPS) is 11.5. The zero-order valence-corrected chi connectivity index (χ0v) is 18.8. The molecule has 0 heterocycles. The lowest BCUT2D eigenvalue weighted by Crippen LogP contribution is -2.41. The fourth-order valence-electron chi connectivity index (χ4n) is 3.02. The van der Waals surface area contributed by atoms with Gasteiger partial charge in [0, 0.05) is 30.7 Å². The number of amides is 1. The van der Waals surface area contributed by atoms with Crippen LogP contribution >= 0.6 is 11.6 Å². The number of sulfonamides is 1. The van der Waals surface area contributed by atoms with Crippen LogP contribution in [0.3, 0.4) is 0 Å². The second kappa shape index (κ2) is 10.2. The van der Waals surface area contributed by atoms with E-state index >= 15 is 0 Å². The Kier molecular flexibility index (Phi) is 7.60. The zero-order chi connectivity index (χ0) is 23.3. The first-order valence-corrected chi connectivity index (χ1v) is 11.5. The lowest BCUT2D eigenvalue weighted by molar-refractivity contribution is -0.130. The second-order valence-electron chi connectivity index (χ2n) is 7.19. The Morgan fingerprint density at radius 2 is 1.53 bits per heavy atom. The van der Waals surface area contributed by atoms with Crippen LogP contribution in [0.25, 0.3) is 0 Å². The number of rotatable bonds is 8. The van der Waals surface area contributed by atoms with Gasteiger partial charge < -0.3 is 4.90 Å². The molecule has 0 aromatic heterocycles. The highest BCUT2D eigenvalue weighted by atomic mass is 35.5. The summed E-state index contributed by atoms with van der Waals surface area (Å²) in [5.74, 6) is -1.43. The van der Waals surface area contributed by atoms with Crippen molar-refractivity contribution in [2.45, 2.75) is 18.0 Å². The van der Waals surface area contributed by atoms with Crippen molar-refractivity contribution in [2.75, 3.05) is 13.6 Å². The Hall–Kier alpha value is -2.81. The number of hydrogen-bond donors (Lipinski definition) is 0. The molecule has 1 amide bonds. The van der Waals surface area contributed by atoms with Crippen molar-refractivity contribution in [1.82, 2.24) is 9.21 Å². The van der Waals surface area contributed by atoms with E-state index in [0.29, 0.717) is 16.1 Å². The van der Waals surface area contributed by atoms with E-state index < -0.39 is 34.1 Å². The maximum Gasteiger partial charge on any atom is 0.243 e. The summed E-state index contributed by atoms with van der Waals surface area (Å²) in [6.07, 6.45) is 0. The third kappa shape index (κ3) is 5.91. The summed E-state index contributed by atoms with van der Waals surface area (Å²) in [4.78, 5) is 14.1. The van der Waals surface area contributed by atoms with Crippen LogP contribution in [0.5, 0.6) is 0 Å². The van der Waals surface area contributed by atoms with Crippen molar-refractivity contribution >= 4 is 27.5 Å². The maximum absolute atomic E-state index is 14.0. The first kappa shape index (κ1) is 23.8. The molecule has 0 spiro atoms. The zero-order valence-electron chi connectivity index (χ0n) is 17.2. The van der Waals surface area contributed by atoms with Crippen molar-refractivity contribution in [1.29, 1.82) is 0 Å². The van der Waals surface area contributed by atoms with Crippen LogP contribution in [0.4, 0.5) is 8.78 Å². The van der Waals surface area contributed by atoms with Crippen LogP contribution < -0.4 is 0 Å². The summed E-state index contributed by atoms with van der Waals surface area (Å²) in [6, 6.07) is 17.0. The van der Waals surface area contributed by atoms with Gasteiger partial charge in [0.15, 0.2) is 0 Å². The average Bonchev–Trinajstić information content (AvgIpc) is 2.76. The molecular weight excluding hydrogens is 458 g/mol. The number of benzene rings is 3. The van der Waals surface area contributed by atoms with Crippen molar-refractivity contribution in [3.8, 4) is 0 Å². The van der Waals surface area contributed by atoms with Gasteiger partial charge in [0.05, 0.1) is 11.4 Å². The van der Waals surface area contributed by atoms with Gasteiger partial charge in [0.25, 0.3) is 0 Å². The Morgan fingerprint density at radius 3 is 2.16 bits per heavy atom. The van der Waals surface area contributed by atoms with E-state index in [-0.39, 0.29) is 18.0 Å². The van der Waals surface area contributed by atoms with E-state index in [1.165, 1.54) is 66.5 Å². The molecule has 32 heavy (non-hydrogen) atoms. The van der Waals surface area contributed by atoms with Crippen molar-refractivity contribution < 1.29 is 22.0 Å². The standard InChI is InChI=1S/C23H21ClF2N2O3S/c1-27(15-18-4-2-3-5-22(18)26)23(29)16-28(14-17-6-10-20(25)11-7-17)32(30,31)21-12-8-19(24)9-13-21/h2-13H,14-16H2,1H3. The monoisotopic (exact) mass is 478 g/mol. The van der Waals surface area contributed by atoms with Gasteiger partial charge in [-0.1, -0.05) is 41.9 Å². The lowest BCUT2D eigenvalue weighted by Gasteiger charge is -2.25. The van der Waals surface area contributed by atoms with Gasteiger partial charge in [-0.05, 0) is 48.0 Å². The molecule has 0 bridgehead atoms. The van der Waals surface area contributed by atoms with Gasteiger partial charge in [-0.2, -0.15) is 4.31 Å². The van der Waals surface area contributed by atoms with Gasteiger partial charge >= 0.3 is 0 Å². The van der Waals surface area contributed by atoms with E-state index in [9.17, 15) is 22.0 Å². The van der Waals surface area contributed by atoms with Gasteiger partial charge in [-0.15, -0.1) is 0 Å². The quantitative estimate of drug-likeness (QED) is 0.480. The molecule has 0 N–H and O–H groups in total. The molecule has 0 aliphatic carbocycles. The SMILES string of the molecule is CN(Cc1ccccc1F)C(=O)CN(Cc1ccc(F)cc1)S(=O)(=O)c1ccc(Cl)cc1. The number of likely N-dealkylation sites (N-methyl/N-ethyl adjacent to an activating group) is 1. The van der Waals surface area contributed by atoms with Crippen molar-refractivity contribution in [3.63, 3.8) is 0 Å². The van der Waals surface area contributed by atoms with E-state index in [2.05, 4.69) is 0 Å². The fraction of sp³-hybridized carbons (Fsp3) is 0.174. The summed E-state index contributed by atoms with van der Waals surface area (Å²) in [5.41, 5.74) is 0.822. The van der Waals surface area contributed by atoms with Gasteiger partial charge in [0.1, 0.15) is 11.6 Å². The van der Waals surface area contributed by atoms with Crippen LogP contribution in [-0.4, -0.2) is 37.1 Å². The highest BCUT2D eigenvalue weighted by molar-refractivity contribution is 7.89. The maximum atomic E-state index is 14.0. The van der Waals surface area contributed by atoms with Gasteiger partial charge in [-0.25, -0.2) is 17.2 Å². The fourth-order valence-corrected chi connectivity index (χ4v) is 4.52. The molecule has 168 valence electrons. The Labute approximate surface area is 190 Å². The molecule has 0 aliphatic rings. The largest absolute Gasteiger partial charge is 0.340 e. The molecular formula is C23H21ClF2N2O3S. The Morgan fingerprint density at radius 1 is 0.906 bits per heavy atom. The minimum Gasteiger partial charge on any atom is -0.340 e. The minimum atomic E-state index is -4.08. The molecule has 9 heteroatoms. The first-order chi connectivity index (χ1) is 15.2. The van der Waals surface area contributed by atoms with Gasteiger partial charge in [0.2, 0.25) is 15.9 Å². The third-order valence-corrected chi connectivity index (χ3v) is 6.88. The lowest BCUT2D eigenvalue weighted by atomic mass is 10.2. The first-order valence-electron chi connectivity index (χ1n) is 9.64. The van der Waals surface area contributed by atoms with Gasteiger partial charge in [-0.3, -0.25) is 4.79 Å². The highest BCUT2D eigenvalue weighted by Crippen LogP contribution is 2.21. The molecule has 0 saturated carbocycles. The third-order valence-electron chi connectivity index (χ3n) is 4.83. The number of halogens is 3. The topological polar surface area (TPSA) is 57.7 Å². The van der Waals surface area contributed by atoms with E-state index in [4.69, 9.17) is 11.6 Å². The number of nitrogens with zero attached hydrogens (tertiary/aromatic N) is 2. The van der Waals surface area contributed by atoms with Crippen LogP contribution in [0.2, 0.25) is 5.02 Å². The number of carbonyl (C=O) groups excluding carboxylic acids is 1. The Bertz CT molecular complexity index is 1190. The smallest absolute Gasteiger partial charge is 0.243 e.